The fourth-order valence-electron chi connectivity index (χ4n) is 2.77. The molecule has 0 fully saturated rings. The molecule has 0 spiro atoms. The van der Waals surface area contributed by atoms with Crippen LogP contribution in [0.4, 0.5) is 0 Å². The molecule has 0 amide bonds. The molecule has 2 aromatic carbocycles. The Morgan fingerprint density at radius 3 is 2.46 bits per heavy atom. The van der Waals surface area contributed by atoms with Gasteiger partial charge in [-0.1, -0.05) is 54.1 Å². The number of nitrogens with zero attached hydrogens (tertiary/aromatic N) is 3. The number of hydrogen-bond acceptors (Lipinski definition) is 4. The first-order valence-corrected chi connectivity index (χ1v) is 10.2. The highest BCUT2D eigenvalue weighted by molar-refractivity contribution is 7.98. The number of benzene rings is 2. The Morgan fingerprint density at radius 2 is 1.82 bits per heavy atom. The van der Waals surface area contributed by atoms with E-state index in [2.05, 4.69) is 11.2 Å². The minimum atomic E-state index is -0.417. The summed E-state index contributed by atoms with van der Waals surface area (Å²) in [6, 6.07) is 17.8. The smallest absolute Gasteiger partial charge is 0.266 e. The van der Waals surface area contributed by atoms with E-state index in [9.17, 15) is 10.1 Å². The number of aromatic nitrogens is 2. The number of nitriles is 1. The number of thioether (sulfide) groups is 1. The lowest BCUT2D eigenvalue weighted by molar-refractivity contribution is 0.336. The van der Waals surface area contributed by atoms with Crippen LogP contribution < -0.4 is 5.56 Å². The van der Waals surface area contributed by atoms with Crippen LogP contribution in [0, 0.1) is 11.3 Å². The lowest BCUT2D eigenvalue weighted by Gasteiger charge is -2.21. The average molecular weight is 410 g/mol. The van der Waals surface area contributed by atoms with Crippen molar-refractivity contribution in [3.8, 4) is 17.2 Å². The highest BCUT2D eigenvalue weighted by Gasteiger charge is 2.19. The predicted molar refractivity (Wildman–Crippen MR) is 115 cm³/mol. The maximum Gasteiger partial charge on any atom is 0.287 e. The van der Waals surface area contributed by atoms with Crippen molar-refractivity contribution in [2.45, 2.75) is 37.0 Å². The van der Waals surface area contributed by atoms with Gasteiger partial charge in [0.2, 0.25) is 0 Å². The van der Waals surface area contributed by atoms with E-state index in [-0.39, 0.29) is 10.6 Å². The molecule has 0 radical (unpaired) electrons. The van der Waals surface area contributed by atoms with Crippen LogP contribution >= 0.6 is 23.4 Å². The summed E-state index contributed by atoms with van der Waals surface area (Å²) in [5.74, 6) is 0.667. The lowest BCUT2D eigenvalue weighted by Crippen LogP contribution is -2.36. The van der Waals surface area contributed by atoms with Crippen molar-refractivity contribution in [1.82, 2.24) is 9.78 Å². The quantitative estimate of drug-likeness (QED) is 0.535. The first-order valence-electron chi connectivity index (χ1n) is 8.81. The van der Waals surface area contributed by atoms with Gasteiger partial charge in [-0.25, -0.2) is 4.68 Å². The second-order valence-electron chi connectivity index (χ2n) is 7.35. The summed E-state index contributed by atoms with van der Waals surface area (Å²) in [5.41, 5.74) is 2.98. The van der Waals surface area contributed by atoms with Crippen molar-refractivity contribution in [3.05, 3.63) is 81.2 Å². The largest absolute Gasteiger partial charge is 0.287 e. The molecule has 1 heterocycles. The zero-order valence-electron chi connectivity index (χ0n) is 15.9. The van der Waals surface area contributed by atoms with Crippen LogP contribution in [0.15, 0.2) is 64.4 Å². The Hall–Kier alpha value is -2.55. The standard InChI is InChI=1S/C22H20ClN3OS/c1-22(2,3)26-21(27)20(23)19(13-25-26)28-14-15-8-10-16(11-9-15)18-7-5-4-6-17(18)12-24/h4-11,13H,14H2,1-3H3. The van der Waals surface area contributed by atoms with Gasteiger partial charge in [-0.05, 0) is 43.5 Å². The zero-order chi connectivity index (χ0) is 20.3. The number of halogens is 1. The highest BCUT2D eigenvalue weighted by atomic mass is 35.5. The third kappa shape index (κ3) is 4.30. The molecule has 142 valence electrons. The molecule has 0 unspecified atom stereocenters. The first kappa shape index (κ1) is 20.2. The third-order valence-electron chi connectivity index (χ3n) is 4.23. The number of hydrogen-bond donors (Lipinski definition) is 0. The number of rotatable bonds is 4. The maximum absolute atomic E-state index is 12.4. The van der Waals surface area contributed by atoms with Crippen LogP contribution in [0.5, 0.6) is 0 Å². The van der Waals surface area contributed by atoms with E-state index in [4.69, 9.17) is 11.6 Å². The van der Waals surface area contributed by atoms with E-state index in [0.717, 1.165) is 16.7 Å². The summed E-state index contributed by atoms with van der Waals surface area (Å²) < 4.78 is 1.40. The van der Waals surface area contributed by atoms with Gasteiger partial charge < -0.3 is 0 Å². The van der Waals surface area contributed by atoms with Gasteiger partial charge in [0, 0.05) is 5.75 Å². The van der Waals surface area contributed by atoms with Gasteiger partial charge in [0.15, 0.2) is 0 Å². The summed E-state index contributed by atoms with van der Waals surface area (Å²) in [6.07, 6.45) is 1.65. The third-order valence-corrected chi connectivity index (χ3v) is 5.80. The van der Waals surface area contributed by atoms with Crippen LogP contribution in [0.25, 0.3) is 11.1 Å². The summed E-state index contributed by atoms with van der Waals surface area (Å²) >= 11 is 7.77. The Kier molecular flexibility index (Phi) is 5.93. The summed E-state index contributed by atoms with van der Waals surface area (Å²) in [5, 5.41) is 13.7. The van der Waals surface area contributed by atoms with Crippen molar-refractivity contribution in [2.24, 2.45) is 0 Å². The molecule has 0 saturated heterocycles. The van der Waals surface area contributed by atoms with Crippen molar-refractivity contribution in [1.29, 1.82) is 5.26 Å². The normalized spacial score (nSPS) is 11.2. The Labute approximate surface area is 173 Å². The summed E-state index contributed by atoms with van der Waals surface area (Å²) in [7, 11) is 0. The monoisotopic (exact) mass is 409 g/mol. The van der Waals surface area contributed by atoms with Gasteiger partial charge in [0.1, 0.15) is 5.02 Å². The molecular weight excluding hydrogens is 390 g/mol. The highest BCUT2D eigenvalue weighted by Crippen LogP contribution is 2.29. The van der Waals surface area contributed by atoms with Crippen molar-refractivity contribution >= 4 is 23.4 Å². The molecule has 0 bridgehead atoms. The maximum atomic E-state index is 12.4. The molecule has 3 aromatic rings. The summed E-state index contributed by atoms with van der Waals surface area (Å²) in [6.45, 7) is 5.74. The fourth-order valence-corrected chi connectivity index (χ4v) is 3.91. The van der Waals surface area contributed by atoms with Gasteiger partial charge in [0.05, 0.1) is 28.3 Å². The first-order chi connectivity index (χ1) is 13.3. The van der Waals surface area contributed by atoms with E-state index < -0.39 is 5.54 Å². The van der Waals surface area contributed by atoms with Crippen LogP contribution in [-0.4, -0.2) is 9.78 Å². The van der Waals surface area contributed by atoms with Crippen molar-refractivity contribution in [3.63, 3.8) is 0 Å². The van der Waals surface area contributed by atoms with E-state index >= 15 is 0 Å². The van der Waals surface area contributed by atoms with Gasteiger partial charge in [-0.15, -0.1) is 11.8 Å². The molecule has 0 aliphatic heterocycles. The molecule has 0 saturated carbocycles. The topological polar surface area (TPSA) is 58.7 Å². The van der Waals surface area contributed by atoms with Crippen LogP contribution in [0.3, 0.4) is 0 Å². The molecule has 0 atom stereocenters. The van der Waals surface area contributed by atoms with Gasteiger partial charge in [0.25, 0.3) is 5.56 Å². The molecule has 0 N–H and O–H groups in total. The Bertz CT molecular complexity index is 1090. The fraction of sp³-hybridized carbons (Fsp3) is 0.227. The Balaban J connectivity index is 1.77. The molecule has 1 aromatic heterocycles. The lowest BCUT2D eigenvalue weighted by atomic mass is 10.00. The second kappa shape index (κ2) is 8.22. The van der Waals surface area contributed by atoms with Gasteiger partial charge in [-0.3, -0.25) is 4.79 Å². The molecule has 0 aliphatic rings. The van der Waals surface area contributed by atoms with Crippen molar-refractivity contribution in [2.75, 3.05) is 0 Å². The minimum Gasteiger partial charge on any atom is -0.266 e. The van der Waals surface area contributed by atoms with Crippen LogP contribution in [0.2, 0.25) is 5.02 Å². The van der Waals surface area contributed by atoms with Crippen LogP contribution in [-0.2, 0) is 11.3 Å². The van der Waals surface area contributed by atoms with Gasteiger partial charge >= 0.3 is 0 Å². The molecule has 0 aliphatic carbocycles. The molecule has 3 rings (SSSR count). The van der Waals surface area contributed by atoms with E-state index in [1.54, 1.807) is 6.20 Å². The summed E-state index contributed by atoms with van der Waals surface area (Å²) in [4.78, 5) is 13.1. The minimum absolute atomic E-state index is 0.203. The Morgan fingerprint density at radius 1 is 1.14 bits per heavy atom. The molecule has 6 heteroatoms. The second-order valence-corrected chi connectivity index (χ2v) is 8.75. The predicted octanol–water partition coefficient (Wildman–Crippen LogP) is 5.48. The zero-order valence-corrected chi connectivity index (χ0v) is 17.5. The van der Waals surface area contributed by atoms with Crippen molar-refractivity contribution < 1.29 is 0 Å². The average Bonchev–Trinajstić information content (AvgIpc) is 2.68. The molecular formula is C22H20ClN3OS. The molecule has 28 heavy (non-hydrogen) atoms. The van der Waals surface area contributed by atoms with Gasteiger partial charge in [-0.2, -0.15) is 10.4 Å². The van der Waals surface area contributed by atoms with E-state index in [1.807, 2.05) is 69.3 Å². The van der Waals surface area contributed by atoms with E-state index in [1.165, 1.54) is 16.4 Å². The SMILES string of the molecule is CC(C)(C)n1ncc(SCc2ccc(-c3ccccc3C#N)cc2)c(Cl)c1=O. The van der Waals surface area contributed by atoms with Crippen LogP contribution in [0.1, 0.15) is 31.9 Å². The van der Waals surface area contributed by atoms with E-state index in [0.29, 0.717) is 16.2 Å². The molecule has 4 nitrogen and oxygen atoms in total.